The molecule has 134 valence electrons. The van der Waals surface area contributed by atoms with Crippen LogP contribution >= 0.6 is 36.2 Å². The lowest BCUT2D eigenvalue weighted by atomic mass is 9.93. The molecule has 4 nitrogen and oxygen atoms in total. The van der Waals surface area contributed by atoms with E-state index in [9.17, 15) is 0 Å². The molecule has 0 spiro atoms. The lowest BCUT2D eigenvalue weighted by Gasteiger charge is -2.37. The van der Waals surface area contributed by atoms with E-state index in [4.69, 9.17) is 4.98 Å². The highest BCUT2D eigenvalue weighted by atomic mass is 35.5. The lowest BCUT2D eigenvalue weighted by Crippen LogP contribution is -2.50. The third-order valence-electron chi connectivity index (χ3n) is 4.64. The highest BCUT2D eigenvalue weighted by Gasteiger charge is 2.26. The second kappa shape index (κ2) is 8.97. The molecule has 2 fully saturated rings. The standard InChI is InChI=1S/C16H28N4S.2ClH/c1-16(2,3)14-12-21-15(18-14)11-19-6-8-20(9-7-19)13-4-5-17-10-13;;/h12-13,17H,4-11H2,1-3H3;2*1H. The van der Waals surface area contributed by atoms with E-state index in [2.05, 4.69) is 41.3 Å². The lowest BCUT2D eigenvalue weighted by molar-refractivity contribution is 0.0980. The molecule has 2 aliphatic heterocycles. The summed E-state index contributed by atoms with van der Waals surface area (Å²) in [6.45, 7) is 14.9. The van der Waals surface area contributed by atoms with Crippen molar-refractivity contribution >= 4 is 36.2 Å². The summed E-state index contributed by atoms with van der Waals surface area (Å²) in [5.74, 6) is 0. The van der Waals surface area contributed by atoms with Crippen LogP contribution in [-0.2, 0) is 12.0 Å². The zero-order valence-electron chi connectivity index (χ0n) is 14.4. The molecule has 0 amide bonds. The molecule has 1 unspecified atom stereocenters. The van der Waals surface area contributed by atoms with Crippen LogP contribution in [0, 0.1) is 0 Å². The number of halogens is 2. The Morgan fingerprint density at radius 3 is 2.43 bits per heavy atom. The van der Waals surface area contributed by atoms with Gasteiger partial charge in [-0.2, -0.15) is 0 Å². The van der Waals surface area contributed by atoms with Crippen LogP contribution in [0.2, 0.25) is 0 Å². The Hall–Kier alpha value is 0.0900. The number of rotatable bonds is 3. The molecule has 1 N–H and O–H groups in total. The third-order valence-corrected chi connectivity index (χ3v) is 5.47. The van der Waals surface area contributed by atoms with Gasteiger partial charge in [-0.15, -0.1) is 36.2 Å². The molecule has 1 aromatic heterocycles. The van der Waals surface area contributed by atoms with Gasteiger partial charge in [-0.25, -0.2) is 4.98 Å². The molecular formula is C16H30Cl2N4S. The fourth-order valence-electron chi connectivity index (χ4n) is 3.16. The minimum absolute atomic E-state index is 0. The highest BCUT2D eigenvalue weighted by molar-refractivity contribution is 7.09. The summed E-state index contributed by atoms with van der Waals surface area (Å²) in [5.41, 5.74) is 1.40. The van der Waals surface area contributed by atoms with Crippen molar-refractivity contribution in [3.63, 3.8) is 0 Å². The maximum absolute atomic E-state index is 4.83. The number of nitrogens with one attached hydrogen (secondary N) is 1. The van der Waals surface area contributed by atoms with Crippen molar-refractivity contribution in [3.05, 3.63) is 16.1 Å². The van der Waals surface area contributed by atoms with Gasteiger partial charge >= 0.3 is 0 Å². The summed E-state index contributed by atoms with van der Waals surface area (Å²) in [7, 11) is 0. The van der Waals surface area contributed by atoms with Gasteiger partial charge in [0, 0.05) is 49.6 Å². The molecule has 2 aliphatic rings. The van der Waals surface area contributed by atoms with E-state index < -0.39 is 0 Å². The zero-order valence-corrected chi connectivity index (χ0v) is 16.8. The van der Waals surface area contributed by atoms with Crippen LogP contribution in [-0.4, -0.2) is 60.1 Å². The van der Waals surface area contributed by atoms with Gasteiger partial charge in [-0.3, -0.25) is 9.80 Å². The third kappa shape index (κ3) is 5.55. The molecule has 0 aromatic carbocycles. The van der Waals surface area contributed by atoms with E-state index in [-0.39, 0.29) is 30.2 Å². The predicted octanol–water partition coefficient (Wildman–Crippen LogP) is 2.76. The zero-order chi connectivity index (χ0) is 14.9. The average Bonchev–Trinajstić information content (AvgIpc) is 3.09. The summed E-state index contributed by atoms with van der Waals surface area (Å²) in [6.07, 6.45) is 1.32. The number of thiazole rings is 1. The molecule has 1 atom stereocenters. The van der Waals surface area contributed by atoms with Crippen molar-refractivity contribution in [2.24, 2.45) is 0 Å². The predicted molar refractivity (Wildman–Crippen MR) is 103 cm³/mol. The fourth-order valence-corrected chi connectivity index (χ4v) is 4.22. The smallest absolute Gasteiger partial charge is 0.107 e. The Bertz CT molecular complexity index is 461. The van der Waals surface area contributed by atoms with Crippen molar-refractivity contribution in [3.8, 4) is 0 Å². The van der Waals surface area contributed by atoms with E-state index in [1.54, 1.807) is 0 Å². The molecule has 0 bridgehead atoms. The summed E-state index contributed by atoms with van der Waals surface area (Å²) < 4.78 is 0. The highest BCUT2D eigenvalue weighted by Crippen LogP contribution is 2.24. The Morgan fingerprint density at radius 1 is 1.22 bits per heavy atom. The second-order valence-corrected chi connectivity index (χ2v) is 8.28. The normalized spacial score (nSPS) is 23.3. The summed E-state index contributed by atoms with van der Waals surface area (Å²) in [6, 6.07) is 0.777. The largest absolute Gasteiger partial charge is 0.315 e. The van der Waals surface area contributed by atoms with Crippen molar-refractivity contribution in [1.82, 2.24) is 20.1 Å². The maximum Gasteiger partial charge on any atom is 0.107 e. The molecule has 0 radical (unpaired) electrons. The number of nitrogens with zero attached hydrogens (tertiary/aromatic N) is 3. The van der Waals surface area contributed by atoms with Gasteiger partial charge in [0.1, 0.15) is 5.01 Å². The fraction of sp³-hybridized carbons (Fsp3) is 0.812. The van der Waals surface area contributed by atoms with E-state index in [0.717, 1.165) is 12.6 Å². The average molecular weight is 381 g/mol. The molecule has 2 saturated heterocycles. The first-order valence-corrected chi connectivity index (χ1v) is 9.02. The Kier molecular flexibility index (Phi) is 8.25. The molecular weight excluding hydrogens is 351 g/mol. The Balaban J connectivity index is 0.00000132. The van der Waals surface area contributed by atoms with Crippen LogP contribution in [0.5, 0.6) is 0 Å². The number of aromatic nitrogens is 1. The Morgan fingerprint density at radius 2 is 1.91 bits per heavy atom. The molecule has 0 saturated carbocycles. The van der Waals surface area contributed by atoms with E-state index in [1.807, 2.05) is 11.3 Å². The first-order chi connectivity index (χ1) is 10.0. The van der Waals surface area contributed by atoms with Crippen molar-refractivity contribution in [2.75, 3.05) is 39.3 Å². The number of hydrogen-bond acceptors (Lipinski definition) is 5. The van der Waals surface area contributed by atoms with Gasteiger partial charge in [-0.1, -0.05) is 20.8 Å². The maximum atomic E-state index is 4.83. The van der Waals surface area contributed by atoms with Crippen LogP contribution in [0.3, 0.4) is 0 Å². The van der Waals surface area contributed by atoms with Gasteiger partial charge in [0.05, 0.1) is 12.2 Å². The summed E-state index contributed by atoms with van der Waals surface area (Å²) >= 11 is 1.82. The Labute approximate surface area is 156 Å². The number of piperazine rings is 1. The molecule has 7 heteroatoms. The van der Waals surface area contributed by atoms with Gasteiger partial charge in [0.2, 0.25) is 0 Å². The molecule has 0 aliphatic carbocycles. The second-order valence-electron chi connectivity index (χ2n) is 7.34. The van der Waals surface area contributed by atoms with Gasteiger partial charge in [-0.05, 0) is 13.0 Å². The minimum Gasteiger partial charge on any atom is -0.315 e. The monoisotopic (exact) mass is 380 g/mol. The van der Waals surface area contributed by atoms with Crippen LogP contribution < -0.4 is 5.32 Å². The topological polar surface area (TPSA) is 31.4 Å². The van der Waals surface area contributed by atoms with Crippen molar-refractivity contribution in [2.45, 2.75) is 45.2 Å². The van der Waals surface area contributed by atoms with Crippen LogP contribution in [0.25, 0.3) is 0 Å². The van der Waals surface area contributed by atoms with Gasteiger partial charge in [0.25, 0.3) is 0 Å². The molecule has 3 heterocycles. The summed E-state index contributed by atoms with van der Waals surface area (Å²) in [4.78, 5) is 10.1. The quantitative estimate of drug-likeness (QED) is 0.873. The molecule has 3 rings (SSSR count). The van der Waals surface area contributed by atoms with Gasteiger partial charge in [0.15, 0.2) is 0 Å². The molecule has 1 aromatic rings. The van der Waals surface area contributed by atoms with Crippen LogP contribution in [0.1, 0.15) is 37.9 Å². The minimum atomic E-state index is 0. The van der Waals surface area contributed by atoms with Crippen LogP contribution in [0.4, 0.5) is 0 Å². The van der Waals surface area contributed by atoms with E-state index in [1.165, 1.54) is 56.4 Å². The van der Waals surface area contributed by atoms with Crippen molar-refractivity contribution in [1.29, 1.82) is 0 Å². The van der Waals surface area contributed by atoms with Gasteiger partial charge < -0.3 is 5.32 Å². The van der Waals surface area contributed by atoms with E-state index in [0.29, 0.717) is 0 Å². The van der Waals surface area contributed by atoms with Crippen LogP contribution in [0.15, 0.2) is 5.38 Å². The van der Waals surface area contributed by atoms with Crippen molar-refractivity contribution < 1.29 is 0 Å². The summed E-state index contributed by atoms with van der Waals surface area (Å²) in [5, 5.41) is 6.98. The number of hydrogen-bond donors (Lipinski definition) is 1. The first-order valence-electron chi connectivity index (χ1n) is 8.14. The first kappa shape index (κ1) is 21.1. The van der Waals surface area contributed by atoms with E-state index >= 15 is 0 Å². The molecule has 23 heavy (non-hydrogen) atoms. The SMILES string of the molecule is CC(C)(C)c1csc(CN2CCN(C3CCNC3)CC2)n1.Cl.Cl.